The number of hydrogen-bond acceptors (Lipinski definition) is 6. The average molecular weight is 377 g/mol. The lowest BCUT2D eigenvalue weighted by atomic mass is 10.0. The smallest absolute Gasteiger partial charge is 0.349 e. The largest absolute Gasteiger partial charge is 0.353 e. The minimum atomic E-state index is -0.443. The Balaban J connectivity index is 1.89. The van der Waals surface area contributed by atoms with Crippen LogP contribution in [0.3, 0.4) is 0 Å². The van der Waals surface area contributed by atoms with Gasteiger partial charge in [0, 0.05) is 19.3 Å². The molecule has 0 aliphatic rings. The van der Waals surface area contributed by atoms with Crippen molar-refractivity contribution < 1.29 is 4.92 Å². The van der Waals surface area contributed by atoms with Crippen LogP contribution >= 0.6 is 0 Å². The minimum Gasteiger partial charge on any atom is -0.349 e. The van der Waals surface area contributed by atoms with Gasteiger partial charge in [-0.25, -0.2) is 9.97 Å². The summed E-state index contributed by atoms with van der Waals surface area (Å²) in [6.45, 7) is 4.74. The van der Waals surface area contributed by atoms with E-state index in [1.54, 1.807) is 11.9 Å². The third-order valence-corrected chi connectivity index (χ3v) is 4.45. The van der Waals surface area contributed by atoms with Gasteiger partial charge in [-0.05, 0) is 29.2 Å². The molecule has 0 aliphatic heterocycles. The quantitative estimate of drug-likeness (QED) is 0.466. The lowest BCUT2D eigenvalue weighted by molar-refractivity contribution is -0.383. The standard InChI is InChI=1S/C21H23N5O2/c1-15(2)17-9-11-18(12-10-17)24-20-19(26(27)28)21(23-14-22-20)25(3)13-16-7-5-4-6-8-16/h4-12,14-15H,13H2,1-3H3,(H,22,23,24). The maximum absolute atomic E-state index is 11.8. The van der Waals surface area contributed by atoms with E-state index < -0.39 is 4.92 Å². The van der Waals surface area contributed by atoms with E-state index in [9.17, 15) is 10.1 Å². The Morgan fingerprint density at radius 1 is 1.07 bits per heavy atom. The second-order valence-electron chi connectivity index (χ2n) is 6.89. The summed E-state index contributed by atoms with van der Waals surface area (Å²) < 4.78 is 0. The highest BCUT2D eigenvalue weighted by Crippen LogP contribution is 2.33. The van der Waals surface area contributed by atoms with Gasteiger partial charge in [-0.3, -0.25) is 10.1 Å². The van der Waals surface area contributed by atoms with Crippen molar-refractivity contribution in [3.8, 4) is 0 Å². The maximum Gasteiger partial charge on any atom is 0.353 e. The fourth-order valence-electron chi connectivity index (χ4n) is 2.93. The maximum atomic E-state index is 11.8. The molecule has 0 atom stereocenters. The van der Waals surface area contributed by atoms with Crippen LogP contribution in [-0.4, -0.2) is 21.9 Å². The van der Waals surface area contributed by atoms with Gasteiger partial charge in [0.2, 0.25) is 11.6 Å². The van der Waals surface area contributed by atoms with Crippen molar-refractivity contribution in [3.05, 3.63) is 82.2 Å². The normalized spacial score (nSPS) is 10.7. The summed E-state index contributed by atoms with van der Waals surface area (Å²) in [6, 6.07) is 17.5. The summed E-state index contributed by atoms with van der Waals surface area (Å²) in [7, 11) is 1.78. The predicted molar refractivity (Wildman–Crippen MR) is 111 cm³/mol. The second-order valence-corrected chi connectivity index (χ2v) is 6.89. The van der Waals surface area contributed by atoms with Crippen LogP contribution in [0.15, 0.2) is 60.9 Å². The molecule has 0 spiro atoms. The molecule has 0 saturated carbocycles. The summed E-state index contributed by atoms with van der Waals surface area (Å²) in [6.07, 6.45) is 1.34. The fourth-order valence-corrected chi connectivity index (χ4v) is 2.93. The molecule has 1 N–H and O–H groups in total. The van der Waals surface area contributed by atoms with Gasteiger partial charge in [0.15, 0.2) is 0 Å². The molecule has 28 heavy (non-hydrogen) atoms. The minimum absolute atomic E-state index is 0.145. The highest BCUT2D eigenvalue weighted by atomic mass is 16.6. The van der Waals surface area contributed by atoms with Crippen LogP contribution in [0.4, 0.5) is 23.0 Å². The zero-order valence-corrected chi connectivity index (χ0v) is 16.2. The molecule has 144 valence electrons. The molecule has 0 fully saturated rings. The molecule has 7 heteroatoms. The average Bonchev–Trinajstić information content (AvgIpc) is 2.68. The van der Waals surface area contributed by atoms with Gasteiger partial charge in [-0.15, -0.1) is 0 Å². The van der Waals surface area contributed by atoms with Gasteiger partial charge in [0.05, 0.1) is 4.92 Å². The molecule has 2 aromatic carbocycles. The summed E-state index contributed by atoms with van der Waals surface area (Å²) in [5.74, 6) is 0.859. The highest BCUT2D eigenvalue weighted by molar-refractivity contribution is 5.74. The lowest BCUT2D eigenvalue weighted by Crippen LogP contribution is -2.20. The number of nitrogens with zero attached hydrogens (tertiary/aromatic N) is 4. The van der Waals surface area contributed by atoms with Crippen LogP contribution in [0.5, 0.6) is 0 Å². The summed E-state index contributed by atoms with van der Waals surface area (Å²) >= 11 is 0. The Kier molecular flexibility index (Phi) is 5.84. The first kappa shape index (κ1) is 19.3. The number of anilines is 3. The molecule has 1 aromatic heterocycles. The van der Waals surface area contributed by atoms with Crippen LogP contribution in [0, 0.1) is 10.1 Å². The van der Waals surface area contributed by atoms with E-state index in [2.05, 4.69) is 29.1 Å². The molecule has 1 heterocycles. The molecular formula is C21H23N5O2. The second kappa shape index (κ2) is 8.47. The van der Waals surface area contributed by atoms with Gasteiger partial charge in [-0.1, -0.05) is 56.3 Å². The first-order valence-corrected chi connectivity index (χ1v) is 9.07. The van der Waals surface area contributed by atoms with E-state index in [1.807, 2.05) is 54.6 Å². The van der Waals surface area contributed by atoms with E-state index in [4.69, 9.17) is 0 Å². The highest BCUT2D eigenvalue weighted by Gasteiger charge is 2.25. The molecule has 0 aliphatic carbocycles. The van der Waals surface area contributed by atoms with Crippen LogP contribution in [0.1, 0.15) is 30.9 Å². The fraction of sp³-hybridized carbons (Fsp3) is 0.238. The number of rotatable bonds is 7. The molecule has 0 bridgehead atoms. The number of aromatic nitrogens is 2. The molecule has 0 radical (unpaired) electrons. The monoisotopic (exact) mass is 377 g/mol. The number of hydrogen-bond donors (Lipinski definition) is 1. The molecular weight excluding hydrogens is 354 g/mol. The third kappa shape index (κ3) is 4.43. The number of nitro groups is 1. The van der Waals surface area contributed by atoms with Crippen molar-refractivity contribution in [3.63, 3.8) is 0 Å². The number of nitrogens with one attached hydrogen (secondary N) is 1. The van der Waals surface area contributed by atoms with E-state index in [-0.39, 0.29) is 17.3 Å². The molecule has 0 saturated heterocycles. The SMILES string of the molecule is CC(C)c1ccc(Nc2ncnc(N(C)Cc3ccccc3)c2[N+](=O)[O-])cc1. The van der Waals surface area contributed by atoms with Crippen LogP contribution in [0.25, 0.3) is 0 Å². The van der Waals surface area contributed by atoms with Crippen molar-refractivity contribution in [1.82, 2.24) is 9.97 Å². The van der Waals surface area contributed by atoms with Crippen molar-refractivity contribution in [2.24, 2.45) is 0 Å². The van der Waals surface area contributed by atoms with E-state index in [0.29, 0.717) is 12.5 Å². The Morgan fingerprint density at radius 3 is 2.36 bits per heavy atom. The van der Waals surface area contributed by atoms with E-state index >= 15 is 0 Å². The van der Waals surface area contributed by atoms with Crippen LogP contribution < -0.4 is 10.2 Å². The molecule has 3 rings (SSSR count). The van der Waals surface area contributed by atoms with Gasteiger partial charge in [0.25, 0.3) is 0 Å². The lowest BCUT2D eigenvalue weighted by Gasteiger charge is -2.19. The van der Waals surface area contributed by atoms with Gasteiger partial charge >= 0.3 is 5.69 Å². The Hall–Kier alpha value is -3.48. The van der Waals surface area contributed by atoms with Crippen molar-refractivity contribution in [2.75, 3.05) is 17.3 Å². The van der Waals surface area contributed by atoms with Crippen molar-refractivity contribution in [1.29, 1.82) is 0 Å². The summed E-state index contributed by atoms with van der Waals surface area (Å²) in [5, 5.41) is 14.9. The Morgan fingerprint density at radius 2 is 1.75 bits per heavy atom. The molecule has 0 amide bonds. The number of benzene rings is 2. The zero-order chi connectivity index (χ0) is 20.1. The van der Waals surface area contributed by atoms with Crippen LogP contribution in [-0.2, 0) is 6.54 Å². The van der Waals surface area contributed by atoms with Crippen LogP contribution in [0.2, 0.25) is 0 Å². The van der Waals surface area contributed by atoms with Crippen molar-refractivity contribution in [2.45, 2.75) is 26.3 Å². The predicted octanol–water partition coefficient (Wildman–Crippen LogP) is 4.89. The van der Waals surface area contributed by atoms with Gasteiger partial charge < -0.3 is 10.2 Å². The third-order valence-electron chi connectivity index (χ3n) is 4.45. The first-order valence-electron chi connectivity index (χ1n) is 9.07. The molecule has 0 unspecified atom stereocenters. The van der Waals surface area contributed by atoms with Gasteiger partial charge in [0.1, 0.15) is 6.33 Å². The topological polar surface area (TPSA) is 84.2 Å². The molecule has 7 nitrogen and oxygen atoms in total. The summed E-state index contributed by atoms with van der Waals surface area (Å²) in [4.78, 5) is 21.4. The zero-order valence-electron chi connectivity index (χ0n) is 16.2. The Bertz CT molecular complexity index is 943. The van der Waals surface area contributed by atoms with Gasteiger partial charge in [-0.2, -0.15) is 0 Å². The summed E-state index contributed by atoms with van der Waals surface area (Å²) in [5.41, 5.74) is 2.83. The first-order chi connectivity index (χ1) is 13.5. The van der Waals surface area contributed by atoms with E-state index in [0.717, 1.165) is 11.3 Å². The molecule has 3 aromatic rings. The van der Waals surface area contributed by atoms with Crippen molar-refractivity contribution >= 4 is 23.0 Å². The van der Waals surface area contributed by atoms with E-state index in [1.165, 1.54) is 11.9 Å². The Labute approximate surface area is 164 Å².